The van der Waals surface area contributed by atoms with Crippen molar-refractivity contribution in [3.63, 3.8) is 0 Å². The van der Waals surface area contributed by atoms with Crippen LogP contribution in [0, 0.1) is 6.92 Å². The zero-order valence-electron chi connectivity index (χ0n) is 12.8. The number of benzene rings is 1. The van der Waals surface area contributed by atoms with Gasteiger partial charge in [-0.1, -0.05) is 24.3 Å². The maximum Gasteiger partial charge on any atom is 0.125 e. The summed E-state index contributed by atoms with van der Waals surface area (Å²) in [6.07, 6.45) is 4.95. The van der Waals surface area contributed by atoms with E-state index in [-0.39, 0.29) is 0 Å². The Balaban J connectivity index is 2.26. The fraction of sp³-hybridized carbons (Fsp3) is 0.529. The van der Waals surface area contributed by atoms with Crippen LogP contribution >= 0.6 is 0 Å². The number of ether oxygens (including phenoxy) is 2. The van der Waals surface area contributed by atoms with Crippen LogP contribution in [0.5, 0.6) is 5.75 Å². The van der Waals surface area contributed by atoms with Crippen LogP contribution in [0.3, 0.4) is 0 Å². The van der Waals surface area contributed by atoms with Crippen LogP contribution in [0.2, 0.25) is 0 Å². The molecule has 0 spiro atoms. The number of nitrogens with one attached hydrogen (secondary N) is 1. The van der Waals surface area contributed by atoms with Gasteiger partial charge in [-0.25, -0.2) is 0 Å². The van der Waals surface area contributed by atoms with Crippen LogP contribution in [0.4, 0.5) is 0 Å². The molecule has 3 heteroatoms. The molecule has 0 atom stereocenters. The molecule has 0 heterocycles. The summed E-state index contributed by atoms with van der Waals surface area (Å²) >= 11 is 0. The summed E-state index contributed by atoms with van der Waals surface area (Å²) in [5, 5.41) is 3.33. The zero-order valence-corrected chi connectivity index (χ0v) is 12.8. The molecule has 0 aromatic heterocycles. The molecule has 3 nitrogen and oxygen atoms in total. The van der Waals surface area contributed by atoms with E-state index in [0.29, 0.717) is 0 Å². The van der Waals surface area contributed by atoms with Crippen LogP contribution in [-0.4, -0.2) is 33.4 Å². The van der Waals surface area contributed by atoms with E-state index in [9.17, 15) is 0 Å². The van der Waals surface area contributed by atoms with Gasteiger partial charge in [-0.05, 0) is 43.9 Å². The fourth-order valence-electron chi connectivity index (χ4n) is 2.06. The van der Waals surface area contributed by atoms with Gasteiger partial charge in [-0.2, -0.15) is 0 Å². The minimum absolute atomic E-state index is 0.765. The molecule has 112 valence electrons. The second kappa shape index (κ2) is 10.5. The molecule has 0 saturated heterocycles. The Morgan fingerprint density at radius 3 is 2.80 bits per heavy atom. The highest BCUT2D eigenvalue weighted by Crippen LogP contribution is 2.24. The van der Waals surface area contributed by atoms with Crippen LogP contribution in [-0.2, 0) is 11.2 Å². The summed E-state index contributed by atoms with van der Waals surface area (Å²) < 4.78 is 10.9. The first-order valence-electron chi connectivity index (χ1n) is 7.31. The van der Waals surface area contributed by atoms with Gasteiger partial charge in [0.15, 0.2) is 0 Å². The van der Waals surface area contributed by atoms with Gasteiger partial charge >= 0.3 is 0 Å². The molecular weight excluding hydrogens is 250 g/mol. The Morgan fingerprint density at radius 1 is 1.20 bits per heavy atom. The van der Waals surface area contributed by atoms with Crippen LogP contribution in [0.1, 0.15) is 24.0 Å². The van der Waals surface area contributed by atoms with E-state index < -0.39 is 0 Å². The van der Waals surface area contributed by atoms with Crippen molar-refractivity contribution in [2.45, 2.75) is 26.2 Å². The van der Waals surface area contributed by atoms with Gasteiger partial charge in [0.05, 0.1) is 13.2 Å². The summed E-state index contributed by atoms with van der Waals surface area (Å²) in [5.41, 5.74) is 2.42. The van der Waals surface area contributed by atoms with Crippen LogP contribution in [0.25, 0.3) is 0 Å². The lowest BCUT2D eigenvalue weighted by atomic mass is 10.1. The Bertz CT molecular complexity index is 391. The maximum absolute atomic E-state index is 5.95. The summed E-state index contributed by atoms with van der Waals surface area (Å²) in [6.45, 7) is 9.35. The van der Waals surface area contributed by atoms with Crippen molar-refractivity contribution in [2.75, 3.05) is 33.4 Å². The average molecular weight is 277 g/mol. The summed E-state index contributed by atoms with van der Waals surface area (Å²) in [7, 11) is 1.72. The van der Waals surface area contributed by atoms with Gasteiger partial charge in [0.25, 0.3) is 0 Å². The molecule has 0 unspecified atom stereocenters. The number of unbranched alkanes of at least 4 members (excludes halogenated alkanes) is 1. The number of hydrogen-bond acceptors (Lipinski definition) is 3. The van der Waals surface area contributed by atoms with Crippen molar-refractivity contribution in [2.24, 2.45) is 0 Å². The standard InChI is InChI=1S/C17H27NO2/c1-4-8-16-10-7-9-15(2)17(16)20-13-6-5-11-18-12-14-19-3/h4,7,9-10,18H,1,5-6,8,11-14H2,2-3H3. The normalized spacial score (nSPS) is 10.5. The van der Waals surface area contributed by atoms with Gasteiger partial charge in [0, 0.05) is 13.7 Å². The number of allylic oxidation sites excluding steroid dienone is 1. The minimum atomic E-state index is 0.765. The number of aryl methyl sites for hydroxylation is 1. The van der Waals surface area contributed by atoms with E-state index in [1.807, 2.05) is 6.08 Å². The van der Waals surface area contributed by atoms with Crippen molar-refractivity contribution >= 4 is 0 Å². The zero-order chi connectivity index (χ0) is 14.6. The highest BCUT2D eigenvalue weighted by molar-refractivity contribution is 5.41. The second-order valence-electron chi connectivity index (χ2n) is 4.85. The van der Waals surface area contributed by atoms with E-state index >= 15 is 0 Å². The Kier molecular flexibility index (Phi) is 8.76. The topological polar surface area (TPSA) is 30.5 Å². The molecule has 0 amide bonds. The van der Waals surface area contributed by atoms with Crippen molar-refractivity contribution < 1.29 is 9.47 Å². The summed E-state index contributed by atoms with van der Waals surface area (Å²) in [4.78, 5) is 0. The van der Waals surface area contributed by atoms with Crippen LogP contribution < -0.4 is 10.1 Å². The largest absolute Gasteiger partial charge is 0.493 e. The van der Waals surface area contributed by atoms with Crippen molar-refractivity contribution in [1.29, 1.82) is 0 Å². The molecule has 0 bridgehead atoms. The maximum atomic E-state index is 5.95. The van der Waals surface area contributed by atoms with Gasteiger partial charge in [-0.15, -0.1) is 6.58 Å². The number of rotatable bonds is 11. The molecule has 1 aromatic carbocycles. The third kappa shape index (κ3) is 6.22. The summed E-state index contributed by atoms with van der Waals surface area (Å²) in [5.74, 6) is 1.03. The third-order valence-corrected chi connectivity index (χ3v) is 3.13. The quantitative estimate of drug-likeness (QED) is 0.498. The third-order valence-electron chi connectivity index (χ3n) is 3.13. The van der Waals surface area contributed by atoms with Gasteiger partial charge in [0.2, 0.25) is 0 Å². The SMILES string of the molecule is C=CCc1cccc(C)c1OCCCCNCCOC. The molecule has 1 aromatic rings. The lowest BCUT2D eigenvalue weighted by molar-refractivity contribution is 0.199. The molecule has 0 saturated carbocycles. The first kappa shape index (κ1) is 16.7. The fourth-order valence-corrected chi connectivity index (χ4v) is 2.06. The molecule has 0 aliphatic heterocycles. The van der Waals surface area contributed by atoms with E-state index in [0.717, 1.165) is 51.3 Å². The first-order chi connectivity index (χ1) is 9.79. The minimum Gasteiger partial charge on any atom is -0.493 e. The second-order valence-corrected chi connectivity index (χ2v) is 4.85. The molecule has 0 aliphatic carbocycles. The molecule has 0 radical (unpaired) electrons. The predicted octanol–water partition coefficient (Wildman–Crippen LogP) is 3.12. The smallest absolute Gasteiger partial charge is 0.125 e. The van der Waals surface area contributed by atoms with Crippen molar-refractivity contribution in [1.82, 2.24) is 5.32 Å². The highest BCUT2D eigenvalue weighted by Gasteiger charge is 2.05. The summed E-state index contributed by atoms with van der Waals surface area (Å²) in [6, 6.07) is 6.27. The highest BCUT2D eigenvalue weighted by atomic mass is 16.5. The average Bonchev–Trinajstić information content (AvgIpc) is 2.44. The molecule has 1 rings (SSSR count). The van der Waals surface area contributed by atoms with E-state index in [1.165, 1.54) is 11.1 Å². The molecule has 1 N–H and O–H groups in total. The van der Waals surface area contributed by atoms with E-state index in [1.54, 1.807) is 7.11 Å². The van der Waals surface area contributed by atoms with Gasteiger partial charge in [0.1, 0.15) is 5.75 Å². The Hall–Kier alpha value is -1.32. The van der Waals surface area contributed by atoms with Gasteiger partial charge in [-0.3, -0.25) is 0 Å². The number of para-hydroxylation sites is 1. The Labute approximate surface area is 123 Å². The van der Waals surface area contributed by atoms with Crippen LogP contribution in [0.15, 0.2) is 30.9 Å². The molecule has 20 heavy (non-hydrogen) atoms. The van der Waals surface area contributed by atoms with Crippen molar-refractivity contribution in [3.05, 3.63) is 42.0 Å². The number of hydrogen-bond donors (Lipinski definition) is 1. The van der Waals surface area contributed by atoms with Gasteiger partial charge < -0.3 is 14.8 Å². The van der Waals surface area contributed by atoms with E-state index in [2.05, 4.69) is 37.0 Å². The van der Waals surface area contributed by atoms with E-state index in [4.69, 9.17) is 9.47 Å². The molecular formula is C17H27NO2. The molecule has 0 aliphatic rings. The first-order valence-corrected chi connectivity index (χ1v) is 7.31. The lowest BCUT2D eigenvalue weighted by Crippen LogP contribution is -2.20. The Morgan fingerprint density at radius 2 is 2.05 bits per heavy atom. The number of methoxy groups -OCH3 is 1. The monoisotopic (exact) mass is 277 g/mol. The van der Waals surface area contributed by atoms with Crippen molar-refractivity contribution in [3.8, 4) is 5.75 Å². The predicted molar refractivity (Wildman–Crippen MR) is 84.6 cm³/mol. The molecule has 0 fully saturated rings. The lowest BCUT2D eigenvalue weighted by Gasteiger charge is -2.13.